The lowest BCUT2D eigenvalue weighted by Crippen LogP contribution is -2.42. The number of hydrazone groups is 1. The lowest BCUT2D eigenvalue weighted by Gasteiger charge is -2.35. The van der Waals surface area contributed by atoms with Crippen LogP contribution in [0.2, 0.25) is 0 Å². The van der Waals surface area contributed by atoms with Gasteiger partial charge < -0.3 is 16.0 Å². The van der Waals surface area contributed by atoms with Crippen LogP contribution in [0.5, 0.6) is 0 Å². The Morgan fingerprint density at radius 1 is 1.59 bits per heavy atom. The molecule has 0 radical (unpaired) electrons. The van der Waals surface area contributed by atoms with Crippen molar-refractivity contribution < 1.29 is 0 Å². The predicted molar refractivity (Wildman–Crippen MR) is 92.1 cm³/mol. The van der Waals surface area contributed by atoms with Gasteiger partial charge in [0.05, 0.1) is 0 Å². The molecule has 116 valence electrons. The summed E-state index contributed by atoms with van der Waals surface area (Å²) in [5.41, 5.74) is 12.1. The van der Waals surface area contributed by atoms with E-state index < -0.39 is 0 Å². The minimum Gasteiger partial charge on any atom is -0.369 e. The molecule has 0 aromatic carbocycles. The van der Waals surface area contributed by atoms with Gasteiger partial charge in [0, 0.05) is 66.4 Å². The van der Waals surface area contributed by atoms with E-state index in [0.717, 1.165) is 42.8 Å². The highest BCUT2D eigenvalue weighted by Gasteiger charge is 2.22. The second-order valence-electron chi connectivity index (χ2n) is 5.26. The molecular weight excluding hydrogens is 276 g/mol. The van der Waals surface area contributed by atoms with Crippen molar-refractivity contribution in [3.05, 3.63) is 47.5 Å². The molecule has 2 heterocycles. The van der Waals surface area contributed by atoms with Gasteiger partial charge in [0.25, 0.3) is 0 Å². The lowest BCUT2D eigenvalue weighted by atomic mass is 9.95. The summed E-state index contributed by atoms with van der Waals surface area (Å²) in [5, 5.41) is 11.7. The largest absolute Gasteiger partial charge is 0.369 e. The third-order valence-electron chi connectivity index (χ3n) is 3.72. The fourth-order valence-electron chi connectivity index (χ4n) is 2.64. The number of hydrogen-bond donors (Lipinski definition) is 3. The summed E-state index contributed by atoms with van der Waals surface area (Å²) in [6.07, 6.45) is 10.2. The van der Waals surface area contributed by atoms with Gasteiger partial charge in [0.1, 0.15) is 0 Å². The Kier molecular flexibility index (Phi) is 5.43. The molecular formula is C16H22N6. The maximum Gasteiger partial charge on any atom is 0.0492 e. The second kappa shape index (κ2) is 7.51. The predicted octanol–water partition coefficient (Wildman–Crippen LogP) is 1.56. The molecule has 0 spiro atoms. The average molecular weight is 298 g/mol. The number of piperidine rings is 1. The van der Waals surface area contributed by atoms with E-state index in [-0.39, 0.29) is 6.04 Å². The van der Waals surface area contributed by atoms with Crippen LogP contribution in [0.4, 0.5) is 0 Å². The standard InChI is InChI=1S/C16H22N6/c1-12-15(13(8-17)9-19-2)10-21-20-6-5-16(12)22-7-3-4-14(18)11-22/h5-6,8-10,14,17,21H,1-4,7,11,18H2/b13-9+,15-10+,16-5+,17-8?,20-6-. The van der Waals surface area contributed by atoms with E-state index in [1.165, 1.54) is 12.4 Å². The van der Waals surface area contributed by atoms with E-state index in [1.807, 2.05) is 6.08 Å². The van der Waals surface area contributed by atoms with Gasteiger partial charge in [-0.3, -0.25) is 10.4 Å². The first-order valence-electron chi connectivity index (χ1n) is 7.23. The fourth-order valence-corrected chi connectivity index (χ4v) is 2.64. The molecule has 1 atom stereocenters. The Morgan fingerprint density at radius 2 is 2.41 bits per heavy atom. The summed E-state index contributed by atoms with van der Waals surface area (Å²) in [7, 11) is 0. The van der Waals surface area contributed by atoms with Crippen LogP contribution in [0.1, 0.15) is 12.8 Å². The van der Waals surface area contributed by atoms with Gasteiger partial charge >= 0.3 is 0 Å². The Labute approximate surface area is 131 Å². The molecule has 1 unspecified atom stereocenters. The summed E-state index contributed by atoms with van der Waals surface area (Å²) in [6.45, 7) is 9.39. The molecule has 0 saturated carbocycles. The molecule has 0 amide bonds. The van der Waals surface area contributed by atoms with Gasteiger partial charge in [-0.2, -0.15) is 5.10 Å². The van der Waals surface area contributed by atoms with Crippen LogP contribution in [0.3, 0.4) is 0 Å². The molecule has 2 rings (SSSR count). The topological polar surface area (TPSA) is 89.9 Å². The van der Waals surface area contributed by atoms with E-state index in [0.29, 0.717) is 5.57 Å². The smallest absolute Gasteiger partial charge is 0.0492 e. The van der Waals surface area contributed by atoms with Gasteiger partial charge in [0.2, 0.25) is 0 Å². The number of allylic oxidation sites excluding steroid dienone is 3. The molecule has 1 fully saturated rings. The maximum atomic E-state index is 7.58. The Hall–Kier alpha value is -2.47. The Morgan fingerprint density at radius 3 is 3.09 bits per heavy atom. The SMILES string of the molecule is C=N/C=C(C=N)/C1=C/N/N=C\C=C(\N2CCCC(N)C2)C1=C. The summed E-state index contributed by atoms with van der Waals surface area (Å²) >= 11 is 0. The highest BCUT2D eigenvalue weighted by molar-refractivity contribution is 5.86. The fraction of sp³-hybridized carbons (Fsp3) is 0.312. The molecule has 0 aromatic rings. The van der Waals surface area contributed by atoms with Crippen molar-refractivity contribution in [2.75, 3.05) is 13.1 Å². The second-order valence-corrected chi connectivity index (χ2v) is 5.26. The first-order chi connectivity index (χ1) is 10.7. The minimum absolute atomic E-state index is 0.169. The van der Waals surface area contributed by atoms with E-state index in [1.54, 1.807) is 12.4 Å². The van der Waals surface area contributed by atoms with Crippen molar-refractivity contribution in [1.82, 2.24) is 10.3 Å². The zero-order valence-corrected chi connectivity index (χ0v) is 12.6. The summed E-state index contributed by atoms with van der Waals surface area (Å²) in [6, 6.07) is 0.169. The first kappa shape index (κ1) is 15.9. The number of likely N-dealkylation sites (tertiary alicyclic amines) is 1. The highest BCUT2D eigenvalue weighted by atomic mass is 15.3. The third-order valence-corrected chi connectivity index (χ3v) is 3.72. The highest BCUT2D eigenvalue weighted by Crippen LogP contribution is 2.28. The molecule has 6 heteroatoms. The molecule has 0 bridgehead atoms. The molecule has 2 aliphatic heterocycles. The Balaban J connectivity index is 2.35. The van der Waals surface area contributed by atoms with Gasteiger partial charge in [0.15, 0.2) is 0 Å². The summed E-state index contributed by atoms with van der Waals surface area (Å²) < 4.78 is 0. The van der Waals surface area contributed by atoms with Crippen LogP contribution in [-0.4, -0.2) is 43.2 Å². The van der Waals surface area contributed by atoms with Crippen LogP contribution in [0, 0.1) is 5.41 Å². The average Bonchev–Trinajstić information content (AvgIpc) is 2.50. The number of nitrogens with two attached hydrogens (primary N) is 1. The molecule has 4 N–H and O–H groups in total. The molecule has 6 nitrogen and oxygen atoms in total. The van der Waals surface area contributed by atoms with Crippen molar-refractivity contribution in [2.45, 2.75) is 18.9 Å². The van der Waals surface area contributed by atoms with Gasteiger partial charge in [-0.05, 0) is 25.6 Å². The van der Waals surface area contributed by atoms with E-state index in [2.05, 4.69) is 33.7 Å². The number of hydrogen-bond acceptors (Lipinski definition) is 6. The molecule has 1 saturated heterocycles. The van der Waals surface area contributed by atoms with Crippen LogP contribution in [0.15, 0.2) is 57.6 Å². The third kappa shape index (κ3) is 3.59. The Bertz CT molecular complexity index is 581. The normalized spacial score (nSPS) is 29.1. The number of rotatable bonds is 4. The van der Waals surface area contributed by atoms with Crippen LogP contribution < -0.4 is 11.2 Å². The number of nitrogens with one attached hydrogen (secondary N) is 2. The van der Waals surface area contributed by atoms with E-state index >= 15 is 0 Å². The van der Waals surface area contributed by atoms with Gasteiger partial charge in [-0.25, -0.2) is 0 Å². The van der Waals surface area contributed by atoms with Crippen LogP contribution in [-0.2, 0) is 0 Å². The molecule has 2 aliphatic rings. The molecule has 0 aromatic heterocycles. The zero-order valence-electron chi connectivity index (χ0n) is 12.6. The monoisotopic (exact) mass is 298 g/mol. The van der Waals surface area contributed by atoms with Crippen molar-refractivity contribution in [1.29, 1.82) is 5.41 Å². The van der Waals surface area contributed by atoms with Crippen LogP contribution >= 0.6 is 0 Å². The zero-order chi connectivity index (χ0) is 15.9. The number of aliphatic imine (C=N–C) groups is 1. The summed E-state index contributed by atoms with van der Waals surface area (Å²) in [5.74, 6) is 0. The van der Waals surface area contributed by atoms with Crippen LogP contribution in [0.25, 0.3) is 0 Å². The molecule has 22 heavy (non-hydrogen) atoms. The maximum absolute atomic E-state index is 7.58. The summed E-state index contributed by atoms with van der Waals surface area (Å²) in [4.78, 5) is 5.98. The molecule has 0 aliphatic carbocycles. The van der Waals surface area contributed by atoms with Crippen molar-refractivity contribution in [3.8, 4) is 0 Å². The quantitative estimate of drug-likeness (QED) is 0.688. The van der Waals surface area contributed by atoms with E-state index in [9.17, 15) is 0 Å². The lowest BCUT2D eigenvalue weighted by molar-refractivity contribution is 0.264. The van der Waals surface area contributed by atoms with Gasteiger partial charge in [-0.1, -0.05) is 6.58 Å². The minimum atomic E-state index is 0.169. The van der Waals surface area contributed by atoms with Crippen molar-refractivity contribution >= 4 is 19.1 Å². The van der Waals surface area contributed by atoms with E-state index in [4.69, 9.17) is 11.1 Å². The van der Waals surface area contributed by atoms with Gasteiger partial charge in [-0.15, -0.1) is 0 Å². The van der Waals surface area contributed by atoms with Crippen molar-refractivity contribution in [2.24, 2.45) is 15.8 Å². The first-order valence-corrected chi connectivity index (χ1v) is 7.23. The number of nitrogens with zero attached hydrogens (tertiary/aromatic N) is 3. The van der Waals surface area contributed by atoms with Crippen molar-refractivity contribution in [3.63, 3.8) is 0 Å².